The lowest BCUT2D eigenvalue weighted by atomic mass is 9.96. The van der Waals surface area contributed by atoms with Crippen LogP contribution in [0.5, 0.6) is 0 Å². The molecule has 0 amide bonds. The first-order valence-corrected chi connectivity index (χ1v) is 17.1. The van der Waals surface area contributed by atoms with Gasteiger partial charge >= 0.3 is 0 Å². The lowest BCUT2D eigenvalue weighted by molar-refractivity contribution is 1.18. The predicted molar refractivity (Wildman–Crippen MR) is 210 cm³/mol. The molecule has 6 aromatic carbocycles. The van der Waals surface area contributed by atoms with Gasteiger partial charge in [-0.2, -0.15) is 0 Å². The normalized spacial score (nSPS) is 11.2. The van der Waals surface area contributed by atoms with E-state index in [4.69, 9.17) is 19.9 Å². The fourth-order valence-corrected chi connectivity index (χ4v) is 6.71. The molecule has 4 heteroatoms. The molecule has 0 saturated heterocycles. The summed E-state index contributed by atoms with van der Waals surface area (Å²) in [7, 11) is 0. The highest BCUT2D eigenvalue weighted by Crippen LogP contribution is 2.36. The molecule has 0 aliphatic rings. The highest BCUT2D eigenvalue weighted by molar-refractivity contribution is 6.09. The summed E-state index contributed by atoms with van der Waals surface area (Å²) in [5.41, 5.74) is 14.1. The molecule has 3 aromatic heterocycles. The second kappa shape index (κ2) is 12.9. The number of nitrogens with zero attached hydrogens (tertiary/aromatic N) is 4. The third kappa shape index (κ3) is 5.94. The topological polar surface area (TPSA) is 51.6 Å². The van der Waals surface area contributed by atoms with Crippen LogP contribution >= 0.6 is 0 Å². The van der Waals surface area contributed by atoms with E-state index in [-0.39, 0.29) is 0 Å². The number of aryl methyl sites for hydroxylation is 1. The molecule has 0 aliphatic heterocycles. The summed E-state index contributed by atoms with van der Waals surface area (Å²) < 4.78 is 0. The number of pyridine rings is 2. The van der Waals surface area contributed by atoms with Crippen molar-refractivity contribution in [3.8, 4) is 67.4 Å². The molecule has 0 bridgehead atoms. The van der Waals surface area contributed by atoms with Gasteiger partial charge < -0.3 is 0 Å². The second-order valence-electron chi connectivity index (χ2n) is 12.8. The zero-order valence-electron chi connectivity index (χ0n) is 28.0. The number of benzene rings is 6. The second-order valence-corrected chi connectivity index (χ2v) is 12.8. The molecule has 0 unspecified atom stereocenters. The van der Waals surface area contributed by atoms with E-state index >= 15 is 0 Å². The van der Waals surface area contributed by atoms with E-state index in [1.165, 1.54) is 11.1 Å². The van der Waals surface area contributed by atoms with Crippen LogP contribution in [0, 0.1) is 6.92 Å². The summed E-state index contributed by atoms with van der Waals surface area (Å²) in [5.74, 6) is 0.692. The number of hydrogen-bond acceptors (Lipinski definition) is 4. The molecule has 0 atom stereocenters. The molecule has 0 N–H and O–H groups in total. The smallest absolute Gasteiger partial charge is 0.160 e. The zero-order chi connectivity index (χ0) is 34.1. The van der Waals surface area contributed by atoms with Crippen LogP contribution in [0.3, 0.4) is 0 Å². The van der Waals surface area contributed by atoms with Gasteiger partial charge in [0.2, 0.25) is 0 Å². The summed E-state index contributed by atoms with van der Waals surface area (Å²) in [5, 5.41) is 2.17. The molecular weight excluding hydrogens is 621 g/mol. The Morgan fingerprint density at radius 3 is 1.39 bits per heavy atom. The fraction of sp³-hybridized carbons (Fsp3) is 0.0213. The molecule has 0 spiro atoms. The average Bonchev–Trinajstić information content (AvgIpc) is 3.21. The monoisotopic (exact) mass is 652 g/mol. The Bertz CT molecular complexity index is 2650. The summed E-state index contributed by atoms with van der Waals surface area (Å²) in [6, 6.07) is 61.0. The van der Waals surface area contributed by atoms with E-state index in [1.807, 2.05) is 37.3 Å². The Kier molecular flexibility index (Phi) is 7.67. The molecule has 0 radical (unpaired) electrons. The Balaban J connectivity index is 1.14. The zero-order valence-corrected chi connectivity index (χ0v) is 28.0. The van der Waals surface area contributed by atoms with Crippen molar-refractivity contribution < 1.29 is 0 Å². The van der Waals surface area contributed by atoms with E-state index in [1.54, 1.807) is 0 Å². The van der Waals surface area contributed by atoms with Crippen molar-refractivity contribution in [2.75, 3.05) is 0 Å². The Labute approximate surface area is 296 Å². The van der Waals surface area contributed by atoms with Crippen molar-refractivity contribution in [2.45, 2.75) is 6.92 Å². The van der Waals surface area contributed by atoms with Gasteiger partial charge in [0.25, 0.3) is 0 Å². The van der Waals surface area contributed by atoms with Crippen LogP contribution in [-0.4, -0.2) is 19.9 Å². The highest BCUT2D eigenvalue weighted by atomic mass is 14.9. The van der Waals surface area contributed by atoms with Gasteiger partial charge in [-0.05, 0) is 47.4 Å². The van der Waals surface area contributed by atoms with Crippen LogP contribution in [0.2, 0.25) is 0 Å². The Hall–Kier alpha value is -6.78. The summed E-state index contributed by atoms with van der Waals surface area (Å²) in [4.78, 5) is 20.3. The van der Waals surface area contributed by atoms with Crippen molar-refractivity contribution in [2.24, 2.45) is 0 Å². The van der Waals surface area contributed by atoms with Crippen LogP contribution in [-0.2, 0) is 0 Å². The molecule has 0 saturated carbocycles. The maximum absolute atomic E-state index is 5.25. The van der Waals surface area contributed by atoms with Gasteiger partial charge in [0.15, 0.2) is 5.82 Å². The van der Waals surface area contributed by atoms with Crippen LogP contribution in [0.25, 0.3) is 89.2 Å². The first-order chi connectivity index (χ1) is 25.2. The molecule has 51 heavy (non-hydrogen) atoms. The molecular formula is C47H32N4. The van der Waals surface area contributed by atoms with Crippen molar-refractivity contribution >= 4 is 21.8 Å². The van der Waals surface area contributed by atoms with Crippen LogP contribution < -0.4 is 0 Å². The lowest BCUT2D eigenvalue weighted by Gasteiger charge is -2.13. The lowest BCUT2D eigenvalue weighted by Crippen LogP contribution is -1.96. The molecule has 9 rings (SSSR count). The predicted octanol–water partition coefficient (Wildman–Crippen LogP) is 11.9. The number of fused-ring (bicyclic) bond motifs is 3. The number of hydrogen-bond donors (Lipinski definition) is 0. The first-order valence-electron chi connectivity index (χ1n) is 17.1. The maximum Gasteiger partial charge on any atom is 0.160 e. The Morgan fingerprint density at radius 1 is 0.333 bits per heavy atom. The minimum atomic E-state index is 0.692. The number of rotatable bonds is 6. The van der Waals surface area contributed by atoms with E-state index in [2.05, 4.69) is 146 Å². The van der Waals surface area contributed by atoms with Crippen molar-refractivity contribution in [1.82, 2.24) is 19.9 Å². The van der Waals surface area contributed by atoms with E-state index in [9.17, 15) is 0 Å². The minimum Gasteiger partial charge on any atom is -0.251 e. The highest BCUT2D eigenvalue weighted by Gasteiger charge is 2.15. The fourth-order valence-electron chi connectivity index (χ4n) is 6.71. The largest absolute Gasteiger partial charge is 0.251 e. The molecule has 240 valence electrons. The van der Waals surface area contributed by atoms with Gasteiger partial charge in [-0.3, -0.25) is 4.98 Å². The molecule has 0 aliphatic carbocycles. The van der Waals surface area contributed by atoms with Crippen molar-refractivity contribution in [1.29, 1.82) is 0 Å². The average molecular weight is 653 g/mol. The van der Waals surface area contributed by atoms with E-state index < -0.39 is 0 Å². The molecule has 9 aromatic rings. The first kappa shape index (κ1) is 30.3. The summed E-state index contributed by atoms with van der Waals surface area (Å²) >= 11 is 0. The summed E-state index contributed by atoms with van der Waals surface area (Å²) in [6.45, 7) is 2.03. The van der Waals surface area contributed by atoms with Gasteiger partial charge in [0.05, 0.1) is 28.1 Å². The molecule has 0 fully saturated rings. The molecule has 4 nitrogen and oxygen atoms in total. The Morgan fingerprint density at radius 2 is 0.804 bits per heavy atom. The van der Waals surface area contributed by atoms with Crippen molar-refractivity contribution in [3.63, 3.8) is 0 Å². The van der Waals surface area contributed by atoms with Crippen molar-refractivity contribution in [3.05, 3.63) is 182 Å². The van der Waals surface area contributed by atoms with E-state index in [0.717, 1.165) is 78.0 Å². The summed E-state index contributed by atoms with van der Waals surface area (Å²) in [6.07, 6.45) is 0. The standard InChI is InChI=1S/C47H32N4/c1-31-17-18-38-27-28-40-41(34-13-7-3-8-14-34)29-42(49-46(40)45(38)48-31)35-23-25-37(26-24-35)44-30-43(50-47(51-44)39-15-9-4-10-16-39)36-21-19-33(20-22-36)32-11-5-2-6-12-32/h2-30H,1H3. The van der Waals surface area contributed by atoms with Gasteiger partial charge in [0, 0.05) is 38.7 Å². The van der Waals surface area contributed by atoms with Crippen LogP contribution in [0.4, 0.5) is 0 Å². The van der Waals surface area contributed by atoms with Gasteiger partial charge in [-0.15, -0.1) is 0 Å². The minimum absolute atomic E-state index is 0.692. The third-order valence-electron chi connectivity index (χ3n) is 9.39. The van der Waals surface area contributed by atoms with Gasteiger partial charge in [-0.25, -0.2) is 15.0 Å². The van der Waals surface area contributed by atoms with Gasteiger partial charge in [0.1, 0.15) is 0 Å². The van der Waals surface area contributed by atoms with E-state index in [0.29, 0.717) is 5.82 Å². The molecule has 3 heterocycles. The quantitative estimate of drug-likeness (QED) is 0.168. The maximum atomic E-state index is 5.25. The van der Waals surface area contributed by atoms with Crippen LogP contribution in [0.15, 0.2) is 176 Å². The third-order valence-corrected chi connectivity index (χ3v) is 9.39. The van der Waals surface area contributed by atoms with Gasteiger partial charge in [-0.1, -0.05) is 158 Å². The number of aromatic nitrogens is 4. The SMILES string of the molecule is Cc1ccc2ccc3c(-c4ccccc4)cc(-c4ccc(-c5cc(-c6ccc(-c7ccccc7)cc6)nc(-c6ccccc6)n5)cc4)nc3c2n1. The van der Waals surface area contributed by atoms with Crippen LogP contribution in [0.1, 0.15) is 5.69 Å².